The molecule has 0 atom stereocenters. The van der Waals surface area contributed by atoms with E-state index in [4.69, 9.17) is 26.2 Å². The van der Waals surface area contributed by atoms with Gasteiger partial charge in [0.05, 0.1) is 17.7 Å². The topological polar surface area (TPSA) is 85.7 Å². The minimum atomic E-state index is -0.237. The van der Waals surface area contributed by atoms with Gasteiger partial charge in [0.1, 0.15) is 11.5 Å². The van der Waals surface area contributed by atoms with Crippen LogP contribution < -0.4 is 10.1 Å². The lowest BCUT2D eigenvalue weighted by atomic mass is 9.99. The Morgan fingerprint density at radius 3 is 2.32 bits per heavy atom. The van der Waals surface area contributed by atoms with Crippen molar-refractivity contribution in [2.45, 2.75) is 39.8 Å². The summed E-state index contributed by atoms with van der Waals surface area (Å²) >= 11 is 5.92. The monoisotopic (exact) mass is 574 g/mol. The van der Waals surface area contributed by atoms with Gasteiger partial charge in [-0.2, -0.15) is 5.10 Å². The van der Waals surface area contributed by atoms with Crippen molar-refractivity contribution in [3.8, 4) is 11.5 Å². The van der Waals surface area contributed by atoms with Crippen LogP contribution in [0.1, 0.15) is 47.1 Å². The van der Waals surface area contributed by atoms with Crippen molar-refractivity contribution in [2.24, 2.45) is 5.92 Å². The van der Waals surface area contributed by atoms with Crippen molar-refractivity contribution >= 4 is 34.3 Å². The molecule has 214 valence electrons. The number of hydrogen-bond acceptors (Lipinski definition) is 5. The van der Waals surface area contributed by atoms with Crippen molar-refractivity contribution in [1.82, 2.24) is 20.0 Å². The van der Waals surface area contributed by atoms with E-state index in [0.717, 1.165) is 16.5 Å². The molecule has 1 aliphatic heterocycles. The van der Waals surface area contributed by atoms with Gasteiger partial charge in [0.25, 0.3) is 11.8 Å². The van der Waals surface area contributed by atoms with Gasteiger partial charge in [0, 0.05) is 59.8 Å². The average Bonchev–Trinajstić information content (AvgIpc) is 3.33. The van der Waals surface area contributed by atoms with Crippen molar-refractivity contribution in [3.05, 3.63) is 88.6 Å². The summed E-state index contributed by atoms with van der Waals surface area (Å²) < 4.78 is 13.4. The van der Waals surface area contributed by atoms with Crippen LogP contribution in [-0.4, -0.2) is 58.3 Å². The van der Waals surface area contributed by atoms with E-state index in [1.54, 1.807) is 48.5 Å². The van der Waals surface area contributed by atoms with E-state index in [-0.39, 0.29) is 17.4 Å². The molecular formula is C32H35ClN4O4. The van der Waals surface area contributed by atoms with Crippen molar-refractivity contribution < 1.29 is 19.1 Å². The molecule has 0 radical (unpaired) electrons. The maximum absolute atomic E-state index is 13.0. The summed E-state index contributed by atoms with van der Waals surface area (Å²) in [5.74, 6) is 1.53. The summed E-state index contributed by atoms with van der Waals surface area (Å²) in [4.78, 5) is 27.6. The van der Waals surface area contributed by atoms with Crippen LogP contribution in [0.15, 0.2) is 66.9 Å². The Bertz CT molecular complexity index is 1540. The number of likely N-dealkylation sites (tertiary alicyclic amines) is 1. The molecule has 0 aliphatic carbocycles. The van der Waals surface area contributed by atoms with Gasteiger partial charge in [-0.3, -0.25) is 14.3 Å². The van der Waals surface area contributed by atoms with E-state index in [0.29, 0.717) is 66.4 Å². The second-order valence-electron chi connectivity index (χ2n) is 11.4. The number of fused-ring (bicyclic) bond motifs is 1. The second-order valence-corrected chi connectivity index (χ2v) is 11.8. The number of aryl methyl sites for hydroxylation is 1. The molecule has 3 aromatic carbocycles. The summed E-state index contributed by atoms with van der Waals surface area (Å²) in [5, 5.41) is 9.26. The fourth-order valence-electron chi connectivity index (χ4n) is 4.84. The number of carbonyl (C=O) groups is 2. The van der Waals surface area contributed by atoms with Gasteiger partial charge in [0.15, 0.2) is 0 Å². The molecule has 0 unspecified atom stereocenters. The molecule has 1 N–H and O–H groups in total. The first-order valence-corrected chi connectivity index (χ1v) is 14.2. The summed E-state index contributed by atoms with van der Waals surface area (Å²) in [5.41, 5.74) is 2.78. The highest BCUT2D eigenvalue weighted by Crippen LogP contribution is 2.26. The molecule has 2 heterocycles. The maximum Gasteiger partial charge on any atom is 0.253 e. The van der Waals surface area contributed by atoms with Gasteiger partial charge in [0.2, 0.25) is 0 Å². The molecule has 8 nitrogen and oxygen atoms in total. The van der Waals surface area contributed by atoms with Gasteiger partial charge in [-0.15, -0.1) is 0 Å². The average molecular weight is 575 g/mol. The largest absolute Gasteiger partial charge is 0.457 e. The van der Waals surface area contributed by atoms with E-state index in [1.165, 1.54) is 0 Å². The fourth-order valence-corrected chi connectivity index (χ4v) is 4.97. The summed E-state index contributed by atoms with van der Waals surface area (Å²) in [6.45, 7) is 10.9. The number of amides is 2. The van der Waals surface area contributed by atoms with Crippen LogP contribution in [0.4, 0.5) is 0 Å². The highest BCUT2D eigenvalue weighted by Gasteiger charge is 2.31. The Kier molecular flexibility index (Phi) is 8.33. The standard InChI is InChI=1S/C32H35ClN4O4/c1-21-27(30(38)34-15-16-40-32(2,3)4)13-14-29-28(21)20-37(35-29)19-22-17-36(18-22)31(39)23-5-9-25(10-6-23)41-26-11-7-24(33)8-12-26/h5-14,20,22H,15-19H2,1-4H3,(H,34,38). The molecular weight excluding hydrogens is 540 g/mol. The van der Waals surface area contributed by atoms with Crippen LogP contribution in [0.2, 0.25) is 5.02 Å². The minimum absolute atomic E-state index is 0.00400. The van der Waals surface area contributed by atoms with E-state index < -0.39 is 0 Å². The summed E-state index contributed by atoms with van der Waals surface area (Å²) in [6.07, 6.45) is 1.99. The number of aromatic nitrogens is 2. The van der Waals surface area contributed by atoms with Crippen LogP contribution in [0.25, 0.3) is 10.9 Å². The predicted molar refractivity (Wildman–Crippen MR) is 160 cm³/mol. The Morgan fingerprint density at radius 2 is 1.66 bits per heavy atom. The van der Waals surface area contributed by atoms with E-state index in [1.807, 2.05) is 55.6 Å². The molecule has 9 heteroatoms. The lowest BCUT2D eigenvalue weighted by molar-refractivity contribution is -0.000659. The van der Waals surface area contributed by atoms with Crippen LogP contribution in [0.5, 0.6) is 11.5 Å². The van der Waals surface area contributed by atoms with Gasteiger partial charge in [-0.05, 0) is 93.9 Å². The van der Waals surface area contributed by atoms with Gasteiger partial charge < -0.3 is 19.7 Å². The molecule has 5 rings (SSSR count). The third-order valence-corrected chi connectivity index (χ3v) is 7.27. The second kappa shape index (κ2) is 11.9. The highest BCUT2D eigenvalue weighted by molar-refractivity contribution is 6.30. The highest BCUT2D eigenvalue weighted by atomic mass is 35.5. The molecule has 1 saturated heterocycles. The predicted octanol–water partition coefficient (Wildman–Crippen LogP) is 6.11. The van der Waals surface area contributed by atoms with Crippen LogP contribution in [-0.2, 0) is 11.3 Å². The summed E-state index contributed by atoms with van der Waals surface area (Å²) in [6, 6.07) is 18.0. The Hall–Kier alpha value is -3.88. The number of ether oxygens (including phenoxy) is 2. The number of halogens is 1. The minimum Gasteiger partial charge on any atom is -0.457 e. The first kappa shape index (κ1) is 28.6. The molecule has 4 aromatic rings. The quantitative estimate of drug-likeness (QED) is 0.244. The van der Waals surface area contributed by atoms with Gasteiger partial charge in [-0.1, -0.05) is 11.6 Å². The molecule has 0 bridgehead atoms. The number of hydrogen-bond donors (Lipinski definition) is 1. The zero-order valence-corrected chi connectivity index (χ0v) is 24.6. The number of benzene rings is 3. The normalized spacial score (nSPS) is 13.7. The zero-order valence-electron chi connectivity index (χ0n) is 23.8. The Balaban J connectivity index is 1.13. The molecule has 1 aromatic heterocycles. The molecule has 0 spiro atoms. The Morgan fingerprint density at radius 1 is 1.00 bits per heavy atom. The Labute approximate surface area is 245 Å². The number of rotatable bonds is 9. The van der Waals surface area contributed by atoms with Crippen LogP contribution in [0.3, 0.4) is 0 Å². The zero-order chi connectivity index (χ0) is 29.1. The van der Waals surface area contributed by atoms with Gasteiger partial charge >= 0.3 is 0 Å². The molecule has 2 amide bonds. The number of nitrogens with one attached hydrogen (secondary N) is 1. The first-order chi connectivity index (χ1) is 19.6. The van der Waals surface area contributed by atoms with Crippen LogP contribution >= 0.6 is 11.6 Å². The fraction of sp³-hybridized carbons (Fsp3) is 0.344. The third kappa shape index (κ3) is 7.07. The lowest BCUT2D eigenvalue weighted by Gasteiger charge is -2.39. The smallest absolute Gasteiger partial charge is 0.253 e. The third-order valence-electron chi connectivity index (χ3n) is 7.01. The lowest BCUT2D eigenvalue weighted by Crippen LogP contribution is -2.51. The SMILES string of the molecule is Cc1c(C(=O)NCCOC(C)(C)C)ccc2nn(CC3CN(C(=O)c4ccc(Oc5ccc(Cl)cc5)cc4)C3)cc12. The van der Waals surface area contributed by atoms with E-state index >= 15 is 0 Å². The van der Waals surface area contributed by atoms with E-state index in [2.05, 4.69) is 5.32 Å². The van der Waals surface area contributed by atoms with Gasteiger partial charge in [-0.25, -0.2) is 0 Å². The van der Waals surface area contributed by atoms with Crippen molar-refractivity contribution in [1.29, 1.82) is 0 Å². The van der Waals surface area contributed by atoms with Crippen LogP contribution in [0, 0.1) is 12.8 Å². The van der Waals surface area contributed by atoms with Crippen molar-refractivity contribution in [2.75, 3.05) is 26.2 Å². The molecule has 41 heavy (non-hydrogen) atoms. The molecule has 1 aliphatic rings. The number of carbonyl (C=O) groups excluding carboxylic acids is 2. The summed E-state index contributed by atoms with van der Waals surface area (Å²) in [7, 11) is 0. The molecule has 0 saturated carbocycles. The molecule has 1 fully saturated rings. The maximum atomic E-state index is 13.0. The number of nitrogens with zero attached hydrogens (tertiary/aromatic N) is 3. The van der Waals surface area contributed by atoms with E-state index in [9.17, 15) is 9.59 Å². The van der Waals surface area contributed by atoms with Crippen molar-refractivity contribution in [3.63, 3.8) is 0 Å². The first-order valence-electron chi connectivity index (χ1n) is 13.8.